The third-order valence-electron chi connectivity index (χ3n) is 4.27. The van der Waals surface area contributed by atoms with Crippen LogP contribution < -0.4 is 5.69 Å². The predicted octanol–water partition coefficient (Wildman–Crippen LogP) is 2.31. The first-order valence-electron chi connectivity index (χ1n) is 7.66. The molecule has 1 aliphatic rings. The minimum absolute atomic E-state index is 0.147. The second-order valence-corrected chi connectivity index (χ2v) is 6.13. The van der Waals surface area contributed by atoms with E-state index in [1.54, 1.807) is 36.2 Å². The number of aromatic nitrogens is 4. The van der Waals surface area contributed by atoms with Gasteiger partial charge in [0.05, 0.1) is 10.7 Å². The van der Waals surface area contributed by atoms with E-state index in [9.17, 15) is 9.59 Å². The number of carbonyl (C=O) groups excluding carboxylic acids is 1. The van der Waals surface area contributed by atoms with Gasteiger partial charge in [-0.2, -0.15) is 4.68 Å². The van der Waals surface area contributed by atoms with Gasteiger partial charge in [-0.25, -0.2) is 9.59 Å². The maximum atomic E-state index is 12.5. The first-order valence-corrected chi connectivity index (χ1v) is 8.04. The molecule has 7 nitrogen and oxygen atoms in total. The van der Waals surface area contributed by atoms with Crippen molar-refractivity contribution in [3.8, 4) is 5.69 Å². The van der Waals surface area contributed by atoms with Gasteiger partial charge in [0.2, 0.25) is 0 Å². The molecule has 0 atom stereocenters. The molecule has 0 bridgehead atoms. The smallest absolute Gasteiger partial charge is 0.323 e. The lowest BCUT2D eigenvalue weighted by atomic mass is 9.95. The van der Waals surface area contributed by atoms with Gasteiger partial charge in [0.1, 0.15) is 0 Å². The van der Waals surface area contributed by atoms with Crippen LogP contribution >= 0.6 is 11.6 Å². The molecule has 0 aliphatic heterocycles. The number of rotatable bonds is 2. The summed E-state index contributed by atoms with van der Waals surface area (Å²) >= 11 is 6.07. The van der Waals surface area contributed by atoms with Crippen LogP contribution in [0.5, 0.6) is 0 Å². The predicted molar refractivity (Wildman–Crippen MR) is 86.1 cm³/mol. The van der Waals surface area contributed by atoms with E-state index >= 15 is 0 Å². The van der Waals surface area contributed by atoms with E-state index in [4.69, 9.17) is 11.6 Å². The Morgan fingerprint density at radius 1 is 1.22 bits per heavy atom. The molecule has 3 rings (SSSR count). The number of halogens is 1. The van der Waals surface area contributed by atoms with Gasteiger partial charge < -0.3 is 4.90 Å². The van der Waals surface area contributed by atoms with Gasteiger partial charge in [-0.05, 0) is 35.4 Å². The summed E-state index contributed by atoms with van der Waals surface area (Å²) in [5.41, 5.74) is -0.218. The van der Waals surface area contributed by atoms with Crippen molar-refractivity contribution in [1.29, 1.82) is 0 Å². The molecule has 1 saturated carbocycles. The highest BCUT2D eigenvalue weighted by molar-refractivity contribution is 6.32. The van der Waals surface area contributed by atoms with E-state index in [-0.39, 0.29) is 6.04 Å². The van der Waals surface area contributed by atoms with Crippen molar-refractivity contribution in [2.45, 2.75) is 38.1 Å². The van der Waals surface area contributed by atoms with Crippen molar-refractivity contribution in [3.05, 3.63) is 39.8 Å². The van der Waals surface area contributed by atoms with E-state index in [1.807, 2.05) is 0 Å². The van der Waals surface area contributed by atoms with Crippen molar-refractivity contribution in [2.75, 3.05) is 7.05 Å². The number of hydrogen-bond donors (Lipinski definition) is 0. The zero-order valence-electron chi connectivity index (χ0n) is 12.9. The minimum atomic E-state index is -0.620. The Kier molecular flexibility index (Phi) is 4.47. The molecule has 0 N–H and O–H groups in total. The summed E-state index contributed by atoms with van der Waals surface area (Å²) in [7, 11) is 1.71. The zero-order chi connectivity index (χ0) is 16.4. The monoisotopic (exact) mass is 335 g/mol. The Hall–Kier alpha value is -2.15. The average molecular weight is 336 g/mol. The van der Waals surface area contributed by atoms with Crippen molar-refractivity contribution in [1.82, 2.24) is 24.7 Å². The summed E-state index contributed by atoms with van der Waals surface area (Å²) in [5, 5.41) is 7.87. The van der Waals surface area contributed by atoms with Crippen LogP contribution in [-0.4, -0.2) is 43.8 Å². The molecule has 122 valence electrons. The Bertz CT molecular complexity index is 763. The summed E-state index contributed by atoms with van der Waals surface area (Å²) in [5.74, 6) is 0. The SMILES string of the molecule is CN(C(=O)n1nnn(-c2ccccc2Cl)c1=O)C1CCCCC1. The number of hydrogen-bond acceptors (Lipinski definition) is 4. The highest BCUT2D eigenvalue weighted by Crippen LogP contribution is 2.22. The van der Waals surface area contributed by atoms with Crippen LogP contribution in [0.15, 0.2) is 29.1 Å². The van der Waals surface area contributed by atoms with Crippen molar-refractivity contribution >= 4 is 17.6 Å². The van der Waals surface area contributed by atoms with E-state index in [0.29, 0.717) is 10.7 Å². The van der Waals surface area contributed by atoms with Gasteiger partial charge in [0.15, 0.2) is 0 Å². The van der Waals surface area contributed by atoms with E-state index < -0.39 is 11.7 Å². The first-order chi connectivity index (χ1) is 11.1. The molecule has 0 radical (unpaired) electrons. The molecule has 0 spiro atoms. The first kappa shape index (κ1) is 15.7. The number of carbonyl (C=O) groups is 1. The fraction of sp³-hybridized carbons (Fsp3) is 0.467. The molecule has 1 aliphatic carbocycles. The molecule has 0 unspecified atom stereocenters. The molecule has 1 amide bonds. The van der Waals surface area contributed by atoms with Crippen molar-refractivity contribution in [3.63, 3.8) is 0 Å². The molecule has 1 heterocycles. The van der Waals surface area contributed by atoms with Crippen LogP contribution in [0.4, 0.5) is 4.79 Å². The topological polar surface area (TPSA) is 73.0 Å². The van der Waals surface area contributed by atoms with Gasteiger partial charge in [-0.1, -0.05) is 43.0 Å². The largest absolute Gasteiger partial charge is 0.377 e. The Balaban J connectivity index is 1.88. The second-order valence-electron chi connectivity index (χ2n) is 5.72. The van der Waals surface area contributed by atoms with Crippen molar-refractivity contribution in [2.24, 2.45) is 0 Å². The molecule has 0 saturated heterocycles. The highest BCUT2D eigenvalue weighted by Gasteiger charge is 2.26. The third-order valence-corrected chi connectivity index (χ3v) is 4.59. The van der Waals surface area contributed by atoms with Gasteiger partial charge in [-0.15, -0.1) is 4.68 Å². The van der Waals surface area contributed by atoms with Crippen LogP contribution in [0.1, 0.15) is 32.1 Å². The fourth-order valence-electron chi connectivity index (χ4n) is 2.91. The Morgan fingerprint density at radius 3 is 2.61 bits per heavy atom. The standard InChI is InChI=1S/C15H18ClN5O2/c1-19(11-7-3-2-4-8-11)14(22)21-15(23)20(17-18-21)13-10-6-5-9-12(13)16/h5-6,9-11H,2-4,7-8H2,1H3. The molecule has 2 aromatic rings. The lowest BCUT2D eigenvalue weighted by molar-refractivity contribution is 0.171. The van der Waals surface area contributed by atoms with E-state index in [0.717, 1.165) is 35.0 Å². The molecule has 8 heteroatoms. The number of tetrazole rings is 1. The summed E-state index contributed by atoms with van der Waals surface area (Å²) < 4.78 is 1.83. The number of para-hydroxylation sites is 1. The molecule has 23 heavy (non-hydrogen) atoms. The zero-order valence-corrected chi connectivity index (χ0v) is 13.6. The van der Waals surface area contributed by atoms with Crippen LogP contribution in [-0.2, 0) is 0 Å². The van der Waals surface area contributed by atoms with Gasteiger partial charge in [0.25, 0.3) is 0 Å². The molecule has 1 aromatic heterocycles. The molecular formula is C15H18ClN5O2. The second kappa shape index (κ2) is 6.54. The summed E-state index contributed by atoms with van der Waals surface area (Å²) in [6, 6.07) is 6.48. The quantitative estimate of drug-likeness (QED) is 0.789. The van der Waals surface area contributed by atoms with Gasteiger partial charge in [-0.3, -0.25) is 0 Å². The summed E-state index contributed by atoms with van der Waals surface area (Å²) in [6.45, 7) is 0. The lowest BCUT2D eigenvalue weighted by Crippen LogP contribution is -2.44. The Labute approximate surface area is 138 Å². The number of nitrogens with zero attached hydrogens (tertiary/aromatic N) is 5. The summed E-state index contributed by atoms with van der Waals surface area (Å²) in [6.07, 6.45) is 5.31. The van der Waals surface area contributed by atoms with E-state index in [2.05, 4.69) is 10.4 Å². The van der Waals surface area contributed by atoms with Crippen LogP contribution in [0.2, 0.25) is 5.02 Å². The average Bonchev–Trinajstić information content (AvgIpc) is 2.96. The normalized spacial score (nSPS) is 15.6. The summed E-state index contributed by atoms with van der Waals surface area (Å²) in [4.78, 5) is 26.6. The molecule has 1 aromatic carbocycles. The number of benzene rings is 1. The van der Waals surface area contributed by atoms with Crippen LogP contribution in [0.3, 0.4) is 0 Å². The van der Waals surface area contributed by atoms with E-state index in [1.165, 1.54) is 6.42 Å². The molecular weight excluding hydrogens is 318 g/mol. The third kappa shape index (κ3) is 3.01. The van der Waals surface area contributed by atoms with Crippen LogP contribution in [0, 0.1) is 0 Å². The maximum Gasteiger partial charge on any atom is 0.377 e. The minimum Gasteiger partial charge on any atom is -0.323 e. The maximum absolute atomic E-state index is 12.5. The number of amides is 1. The highest BCUT2D eigenvalue weighted by atomic mass is 35.5. The Morgan fingerprint density at radius 2 is 1.91 bits per heavy atom. The van der Waals surface area contributed by atoms with Gasteiger partial charge in [0, 0.05) is 13.1 Å². The van der Waals surface area contributed by atoms with Gasteiger partial charge >= 0.3 is 11.7 Å². The fourth-order valence-corrected chi connectivity index (χ4v) is 3.13. The van der Waals surface area contributed by atoms with Crippen LogP contribution in [0.25, 0.3) is 5.69 Å². The molecule has 1 fully saturated rings. The lowest BCUT2D eigenvalue weighted by Gasteiger charge is -2.30. The van der Waals surface area contributed by atoms with Crippen molar-refractivity contribution < 1.29 is 4.79 Å².